The Bertz CT molecular complexity index is 1330. The summed E-state index contributed by atoms with van der Waals surface area (Å²) in [6, 6.07) is 14.3. The van der Waals surface area contributed by atoms with E-state index in [0.29, 0.717) is 41.8 Å². The Morgan fingerprint density at radius 3 is 2.62 bits per heavy atom. The number of hydrogen-bond acceptors (Lipinski definition) is 7. The van der Waals surface area contributed by atoms with Crippen molar-refractivity contribution < 1.29 is 29.0 Å². The first kappa shape index (κ1) is 24.6. The zero-order chi connectivity index (χ0) is 26.1. The highest BCUT2D eigenvalue weighted by Gasteiger charge is 2.42. The van der Waals surface area contributed by atoms with Crippen LogP contribution in [0.3, 0.4) is 0 Å². The molecule has 2 aromatic rings. The standard InChI is InChI=1S/C29H30N2O6/c1-16-26(29(35)37-20-10-11-30-25(34)15-20)27(17-6-5-7-19(32)12-17)28-22(31-16)13-18(14-23(28)33)21-8-3-4-9-24(21)36-2/h3-9,12,18,20,27,31-32H,10-11,13-15H2,1-2H3,(H,30,34)/t18-,20-,27-/m1/s1. The molecule has 1 aliphatic carbocycles. The Morgan fingerprint density at radius 1 is 1.05 bits per heavy atom. The predicted octanol–water partition coefficient (Wildman–Crippen LogP) is 3.58. The monoisotopic (exact) mass is 502 g/mol. The van der Waals surface area contributed by atoms with Crippen molar-refractivity contribution in [3.63, 3.8) is 0 Å². The van der Waals surface area contributed by atoms with Crippen LogP contribution in [0.5, 0.6) is 11.5 Å². The summed E-state index contributed by atoms with van der Waals surface area (Å²) in [6.07, 6.45) is 0.940. The summed E-state index contributed by atoms with van der Waals surface area (Å²) in [7, 11) is 1.62. The molecule has 0 bridgehead atoms. The Labute approximate surface area is 215 Å². The van der Waals surface area contributed by atoms with Gasteiger partial charge in [-0.25, -0.2) is 4.79 Å². The molecule has 3 N–H and O–H groups in total. The van der Waals surface area contributed by atoms with Crippen molar-refractivity contribution in [2.75, 3.05) is 13.7 Å². The van der Waals surface area contributed by atoms with Crippen molar-refractivity contribution >= 4 is 17.7 Å². The second kappa shape index (κ2) is 10.1. The summed E-state index contributed by atoms with van der Waals surface area (Å²) in [6.45, 7) is 2.24. The predicted molar refractivity (Wildman–Crippen MR) is 136 cm³/mol. The number of phenolic OH excluding ortho intramolecular Hbond substituents is 1. The van der Waals surface area contributed by atoms with Crippen molar-refractivity contribution in [1.82, 2.24) is 10.6 Å². The lowest BCUT2D eigenvalue weighted by molar-refractivity contribution is -0.147. The number of ether oxygens (including phenoxy) is 2. The average molecular weight is 503 g/mol. The molecule has 2 aliphatic heterocycles. The van der Waals surface area contributed by atoms with Crippen LogP contribution in [-0.4, -0.2) is 42.5 Å². The fraction of sp³-hybridized carbons (Fsp3) is 0.345. The molecule has 2 aromatic carbocycles. The van der Waals surface area contributed by atoms with Gasteiger partial charge in [0.15, 0.2) is 5.78 Å². The molecule has 0 radical (unpaired) electrons. The first-order chi connectivity index (χ1) is 17.9. The molecule has 3 atom stereocenters. The van der Waals surface area contributed by atoms with Gasteiger partial charge in [0.25, 0.3) is 0 Å². The molecule has 192 valence electrons. The van der Waals surface area contributed by atoms with Crippen LogP contribution in [0.4, 0.5) is 0 Å². The van der Waals surface area contributed by atoms with E-state index in [0.717, 1.165) is 17.0 Å². The highest BCUT2D eigenvalue weighted by molar-refractivity contribution is 6.04. The van der Waals surface area contributed by atoms with Crippen molar-refractivity contribution in [3.8, 4) is 11.5 Å². The highest BCUT2D eigenvalue weighted by atomic mass is 16.5. The molecule has 8 heteroatoms. The fourth-order valence-corrected chi connectivity index (χ4v) is 5.64. The second-order valence-electron chi connectivity index (χ2n) is 9.72. The van der Waals surface area contributed by atoms with E-state index in [9.17, 15) is 19.5 Å². The number of methoxy groups -OCH3 is 1. The average Bonchev–Trinajstić information content (AvgIpc) is 2.87. The molecule has 0 unspecified atom stereocenters. The Morgan fingerprint density at radius 2 is 1.86 bits per heavy atom. The number of ketones is 1. The number of carbonyl (C=O) groups excluding carboxylic acids is 3. The maximum atomic E-state index is 13.8. The normalized spacial score (nSPS) is 23.7. The van der Waals surface area contributed by atoms with E-state index in [2.05, 4.69) is 10.6 Å². The summed E-state index contributed by atoms with van der Waals surface area (Å²) in [5.41, 5.74) is 3.77. The molecule has 3 aliphatic rings. The SMILES string of the molecule is COc1ccccc1[C@H]1CC(=O)C2=C(C1)NC(C)=C(C(=O)O[C@@H]1CCNC(=O)C1)[C@H]2c1cccc(O)c1. The van der Waals surface area contributed by atoms with E-state index in [1.165, 1.54) is 0 Å². The van der Waals surface area contributed by atoms with E-state index in [4.69, 9.17) is 9.47 Å². The van der Waals surface area contributed by atoms with Gasteiger partial charge in [0, 0.05) is 48.2 Å². The maximum Gasteiger partial charge on any atom is 0.337 e. The van der Waals surface area contributed by atoms with Crippen LogP contribution in [0.1, 0.15) is 55.6 Å². The van der Waals surface area contributed by atoms with Crippen LogP contribution >= 0.6 is 0 Å². The minimum atomic E-state index is -0.695. The Balaban J connectivity index is 1.53. The van der Waals surface area contributed by atoms with Crippen LogP contribution < -0.4 is 15.4 Å². The number of phenols is 1. The molecule has 0 aromatic heterocycles. The molecule has 1 fully saturated rings. The zero-order valence-electron chi connectivity index (χ0n) is 20.9. The smallest absolute Gasteiger partial charge is 0.337 e. The van der Waals surface area contributed by atoms with Crippen LogP contribution in [0.2, 0.25) is 0 Å². The lowest BCUT2D eigenvalue weighted by Gasteiger charge is -2.37. The number of amides is 1. The van der Waals surface area contributed by atoms with Crippen LogP contribution in [0, 0.1) is 0 Å². The largest absolute Gasteiger partial charge is 0.508 e. The van der Waals surface area contributed by atoms with Crippen LogP contribution in [0.15, 0.2) is 71.1 Å². The van der Waals surface area contributed by atoms with E-state index in [1.54, 1.807) is 38.3 Å². The molecule has 2 heterocycles. The fourth-order valence-electron chi connectivity index (χ4n) is 5.64. The highest BCUT2D eigenvalue weighted by Crippen LogP contribution is 2.47. The molecule has 1 amide bonds. The van der Waals surface area contributed by atoms with E-state index < -0.39 is 18.0 Å². The van der Waals surface area contributed by atoms with Crippen molar-refractivity contribution in [3.05, 3.63) is 82.2 Å². The molecule has 37 heavy (non-hydrogen) atoms. The van der Waals surface area contributed by atoms with Gasteiger partial charge in [0.2, 0.25) is 5.91 Å². The second-order valence-corrected chi connectivity index (χ2v) is 9.72. The Hall–Kier alpha value is -4.07. The van der Waals surface area contributed by atoms with Crippen molar-refractivity contribution in [2.24, 2.45) is 0 Å². The third-order valence-electron chi connectivity index (χ3n) is 7.31. The molecular formula is C29H30N2O6. The summed E-state index contributed by atoms with van der Waals surface area (Å²) < 4.78 is 11.3. The van der Waals surface area contributed by atoms with Gasteiger partial charge in [0.05, 0.1) is 19.1 Å². The number of nitrogens with one attached hydrogen (secondary N) is 2. The van der Waals surface area contributed by atoms with Crippen LogP contribution in [-0.2, 0) is 19.1 Å². The summed E-state index contributed by atoms with van der Waals surface area (Å²) >= 11 is 0. The molecular weight excluding hydrogens is 472 g/mol. The number of aromatic hydroxyl groups is 1. The number of dihydropyridines is 1. The number of hydrogen-bond donors (Lipinski definition) is 3. The number of rotatable bonds is 5. The number of carbonyl (C=O) groups is 3. The van der Waals surface area contributed by atoms with Crippen LogP contribution in [0.25, 0.3) is 0 Å². The first-order valence-corrected chi connectivity index (χ1v) is 12.5. The minimum absolute atomic E-state index is 0.0441. The summed E-state index contributed by atoms with van der Waals surface area (Å²) in [5.74, 6) is -0.797. The van der Waals surface area contributed by atoms with Gasteiger partial charge in [-0.15, -0.1) is 0 Å². The van der Waals surface area contributed by atoms with Gasteiger partial charge < -0.3 is 25.2 Å². The maximum absolute atomic E-state index is 13.8. The first-order valence-electron chi connectivity index (χ1n) is 12.5. The molecule has 8 nitrogen and oxygen atoms in total. The van der Waals surface area contributed by atoms with Gasteiger partial charge in [-0.1, -0.05) is 30.3 Å². The third kappa shape index (κ3) is 4.83. The topological polar surface area (TPSA) is 114 Å². The van der Waals surface area contributed by atoms with Crippen molar-refractivity contribution in [1.29, 1.82) is 0 Å². The van der Waals surface area contributed by atoms with Gasteiger partial charge in [-0.05, 0) is 42.7 Å². The number of piperidine rings is 1. The quantitative estimate of drug-likeness (QED) is 0.536. The number of benzene rings is 2. The van der Waals surface area contributed by atoms with E-state index in [1.807, 2.05) is 24.3 Å². The molecule has 5 rings (SSSR count). The third-order valence-corrected chi connectivity index (χ3v) is 7.31. The molecule has 0 spiro atoms. The lowest BCUT2D eigenvalue weighted by Crippen LogP contribution is -2.40. The number of allylic oxidation sites excluding steroid dienone is 3. The Kier molecular flexibility index (Phi) is 6.74. The van der Waals surface area contributed by atoms with Gasteiger partial charge in [0.1, 0.15) is 17.6 Å². The van der Waals surface area contributed by atoms with E-state index in [-0.39, 0.29) is 36.2 Å². The number of para-hydroxylation sites is 1. The number of esters is 1. The summed E-state index contributed by atoms with van der Waals surface area (Å²) in [5, 5.41) is 16.3. The van der Waals surface area contributed by atoms with Gasteiger partial charge >= 0.3 is 5.97 Å². The summed E-state index contributed by atoms with van der Waals surface area (Å²) in [4.78, 5) is 39.1. The number of Topliss-reactive ketones (excluding diaryl/α,β-unsaturated/α-hetero) is 1. The van der Waals surface area contributed by atoms with Crippen molar-refractivity contribution in [2.45, 2.75) is 50.5 Å². The van der Waals surface area contributed by atoms with E-state index >= 15 is 0 Å². The van der Waals surface area contributed by atoms with Gasteiger partial charge in [-0.3, -0.25) is 9.59 Å². The molecule has 1 saturated heterocycles. The lowest BCUT2D eigenvalue weighted by atomic mass is 9.71. The zero-order valence-corrected chi connectivity index (χ0v) is 20.9. The molecule has 0 saturated carbocycles. The minimum Gasteiger partial charge on any atom is -0.508 e. The van der Waals surface area contributed by atoms with Gasteiger partial charge in [-0.2, -0.15) is 0 Å².